The highest BCUT2D eigenvalue weighted by Crippen LogP contribution is 2.62. The number of nitrogens with one attached hydrogen (secondary N) is 1. The molecule has 14 heteroatoms. The summed E-state index contributed by atoms with van der Waals surface area (Å²) in [5.74, 6) is -2.08. The number of hydrogen-bond donors (Lipinski definition) is 3. The first-order valence-corrected chi connectivity index (χ1v) is 21.3. The first kappa shape index (κ1) is 44.1. The number of hydrogen-bond acceptors (Lipinski definition) is 11. The zero-order valence-electron chi connectivity index (χ0n) is 34.3. The molecule has 2 heterocycles. The number of ether oxygens (including phenoxy) is 5. The van der Waals surface area contributed by atoms with Crippen LogP contribution in [-0.2, 0) is 25.6 Å². The SMILES string of the molecule is C=CCOC12Oc3ccc(OC(=O)NCC)cc3C3C(CCCCO)C(CCCCO)C=C(C(=NOC4CCCCO4)CC1N(Cc1ccc(F)cc1)C(=O)OCC)C32. The number of fused-ring (bicyclic) bond motifs is 2. The third-order valence-corrected chi connectivity index (χ3v) is 11.7. The molecule has 13 nitrogen and oxygen atoms in total. The lowest BCUT2D eigenvalue weighted by atomic mass is 9.55. The third kappa shape index (κ3) is 10.3. The van der Waals surface area contributed by atoms with Crippen molar-refractivity contribution in [3.8, 4) is 11.5 Å². The van der Waals surface area contributed by atoms with E-state index in [9.17, 15) is 24.2 Å². The van der Waals surface area contributed by atoms with Crippen LogP contribution in [0.5, 0.6) is 11.5 Å². The highest BCUT2D eigenvalue weighted by atomic mass is 19.1. The predicted octanol–water partition coefficient (Wildman–Crippen LogP) is 7.75. The maximum absolute atomic E-state index is 14.3. The van der Waals surface area contributed by atoms with Gasteiger partial charge >= 0.3 is 12.2 Å². The Balaban J connectivity index is 1.60. The first-order chi connectivity index (χ1) is 28.8. The summed E-state index contributed by atoms with van der Waals surface area (Å²) in [6.45, 7) is 8.82. The van der Waals surface area contributed by atoms with Crippen LogP contribution < -0.4 is 14.8 Å². The molecule has 2 aromatic carbocycles. The molecule has 1 saturated heterocycles. The molecule has 7 unspecified atom stereocenters. The van der Waals surface area contributed by atoms with Crippen LogP contribution in [0.15, 0.2) is 71.9 Å². The van der Waals surface area contributed by atoms with E-state index in [4.69, 9.17) is 33.7 Å². The van der Waals surface area contributed by atoms with Crippen LogP contribution in [-0.4, -0.2) is 90.7 Å². The standard InChI is InChI=1S/C45H60FN3O10/c1-4-24-56-45-39(49(44(53)54-6-3)29-30-16-18-32(46)19-17-30)28-37(48-59-40-15-9-12-25-55-40)35-26-31(13-7-10-22-50)34(14-8-11-23-51)41(42(35)45)36-27-33(20-21-38(36)58-45)57-43(52)47-5-2/h4,16-21,26-27,31,34,39-42,50-51H,1,5-15,22-25,28-29H2,2-3H3,(H,47,52). The van der Waals surface area contributed by atoms with Crippen molar-refractivity contribution in [2.24, 2.45) is 22.9 Å². The number of benzene rings is 2. The van der Waals surface area contributed by atoms with Crippen molar-refractivity contribution < 1.29 is 52.7 Å². The number of nitrogens with zero attached hydrogens (tertiary/aromatic N) is 2. The number of carbonyl (C=O) groups is 2. The van der Waals surface area contributed by atoms with Gasteiger partial charge in [-0.1, -0.05) is 42.3 Å². The molecule has 0 spiro atoms. The summed E-state index contributed by atoms with van der Waals surface area (Å²) in [7, 11) is 0. The summed E-state index contributed by atoms with van der Waals surface area (Å²) in [4.78, 5) is 34.8. The van der Waals surface area contributed by atoms with E-state index in [2.05, 4.69) is 18.0 Å². The number of aliphatic hydroxyl groups is 2. The maximum Gasteiger partial charge on any atom is 0.412 e. The van der Waals surface area contributed by atoms with Crippen molar-refractivity contribution in [1.29, 1.82) is 0 Å². The summed E-state index contributed by atoms with van der Waals surface area (Å²) in [6, 6.07) is 10.4. The smallest absolute Gasteiger partial charge is 0.412 e. The van der Waals surface area contributed by atoms with Crippen LogP contribution in [0, 0.1) is 23.6 Å². The second-order valence-corrected chi connectivity index (χ2v) is 15.5. The molecule has 0 radical (unpaired) electrons. The number of aliphatic hydroxyl groups excluding tert-OH is 2. The van der Waals surface area contributed by atoms with Crippen LogP contribution in [0.25, 0.3) is 0 Å². The quantitative estimate of drug-likeness (QED) is 0.0727. The molecule has 3 N–H and O–H groups in total. The van der Waals surface area contributed by atoms with Gasteiger partial charge in [-0.2, -0.15) is 0 Å². The minimum Gasteiger partial charge on any atom is -0.459 e. The van der Waals surface area contributed by atoms with Crippen molar-refractivity contribution in [3.63, 3.8) is 0 Å². The topological polar surface area (TPSA) is 158 Å². The van der Waals surface area contributed by atoms with E-state index in [-0.39, 0.29) is 57.1 Å². The Bertz CT molecular complexity index is 1780. The molecule has 4 aliphatic rings. The molecule has 7 atom stereocenters. The average Bonchev–Trinajstić information content (AvgIpc) is 3.24. The maximum atomic E-state index is 14.3. The van der Waals surface area contributed by atoms with Gasteiger partial charge in [-0.15, -0.1) is 6.58 Å². The molecule has 2 aromatic rings. The zero-order chi connectivity index (χ0) is 41.8. The summed E-state index contributed by atoms with van der Waals surface area (Å²) in [6.07, 6.45) is 9.12. The van der Waals surface area contributed by atoms with E-state index < -0.39 is 42.0 Å². The lowest BCUT2D eigenvalue weighted by Crippen LogP contribution is -2.70. The molecule has 0 bridgehead atoms. The Morgan fingerprint density at radius 1 is 1.07 bits per heavy atom. The molecule has 2 aliphatic carbocycles. The Labute approximate surface area is 346 Å². The molecule has 2 fully saturated rings. The van der Waals surface area contributed by atoms with Gasteiger partial charge in [-0.25, -0.2) is 14.0 Å². The van der Waals surface area contributed by atoms with Crippen LogP contribution in [0.2, 0.25) is 0 Å². The molecule has 59 heavy (non-hydrogen) atoms. The number of allylic oxidation sites excluding steroid dienone is 1. The summed E-state index contributed by atoms with van der Waals surface area (Å²) >= 11 is 0. The highest BCUT2D eigenvalue weighted by Gasteiger charge is 2.65. The second-order valence-electron chi connectivity index (χ2n) is 15.5. The molecule has 0 aromatic heterocycles. The molecular formula is C45H60FN3O10. The van der Waals surface area contributed by atoms with Gasteiger partial charge in [0.25, 0.3) is 0 Å². The van der Waals surface area contributed by atoms with Crippen LogP contribution >= 0.6 is 0 Å². The van der Waals surface area contributed by atoms with E-state index in [1.165, 1.54) is 12.1 Å². The van der Waals surface area contributed by atoms with E-state index in [0.717, 1.165) is 49.7 Å². The van der Waals surface area contributed by atoms with Crippen molar-refractivity contribution in [3.05, 3.63) is 83.7 Å². The molecule has 2 aliphatic heterocycles. The fourth-order valence-electron chi connectivity index (χ4n) is 9.21. The second kappa shape index (κ2) is 21.1. The third-order valence-electron chi connectivity index (χ3n) is 11.7. The monoisotopic (exact) mass is 821 g/mol. The zero-order valence-corrected chi connectivity index (χ0v) is 34.3. The summed E-state index contributed by atoms with van der Waals surface area (Å²) < 4.78 is 45.9. The summed E-state index contributed by atoms with van der Waals surface area (Å²) in [5.41, 5.74) is 2.93. The lowest BCUT2D eigenvalue weighted by Gasteiger charge is -2.59. The van der Waals surface area contributed by atoms with Crippen molar-refractivity contribution in [2.75, 3.05) is 39.6 Å². The van der Waals surface area contributed by atoms with Gasteiger partial charge < -0.3 is 44.1 Å². The van der Waals surface area contributed by atoms with Crippen molar-refractivity contribution in [1.82, 2.24) is 10.2 Å². The normalized spacial score (nSPS) is 26.4. The Morgan fingerprint density at radius 3 is 2.54 bits per heavy atom. The van der Waals surface area contributed by atoms with E-state index in [1.54, 1.807) is 42.2 Å². The van der Waals surface area contributed by atoms with Gasteiger partial charge in [0.1, 0.15) is 23.4 Å². The minimum absolute atomic E-state index is 0.000525. The number of oxime groups is 1. The van der Waals surface area contributed by atoms with Gasteiger partial charge in [-0.3, -0.25) is 4.90 Å². The van der Waals surface area contributed by atoms with Crippen LogP contribution in [0.4, 0.5) is 14.0 Å². The van der Waals surface area contributed by atoms with Crippen molar-refractivity contribution in [2.45, 2.75) is 109 Å². The van der Waals surface area contributed by atoms with Gasteiger partial charge in [-0.05, 0) is 106 Å². The van der Waals surface area contributed by atoms with Gasteiger partial charge in [0.05, 0.1) is 31.5 Å². The fraction of sp³-hybridized carbons (Fsp3) is 0.578. The first-order valence-electron chi connectivity index (χ1n) is 21.3. The van der Waals surface area contributed by atoms with E-state index in [1.807, 2.05) is 13.0 Å². The molecular weight excluding hydrogens is 762 g/mol. The molecule has 6 rings (SSSR count). The Kier molecular flexibility index (Phi) is 15.8. The average molecular weight is 822 g/mol. The predicted molar refractivity (Wildman–Crippen MR) is 218 cm³/mol. The fourth-order valence-corrected chi connectivity index (χ4v) is 9.21. The van der Waals surface area contributed by atoms with Gasteiger partial charge in [0, 0.05) is 50.6 Å². The largest absolute Gasteiger partial charge is 0.459 e. The molecule has 322 valence electrons. The molecule has 1 saturated carbocycles. The minimum atomic E-state index is -1.54. The summed E-state index contributed by atoms with van der Waals surface area (Å²) in [5, 5.41) is 27.3. The van der Waals surface area contributed by atoms with Crippen molar-refractivity contribution >= 4 is 17.9 Å². The number of halogens is 1. The number of rotatable bonds is 19. The van der Waals surface area contributed by atoms with Gasteiger partial charge in [0.2, 0.25) is 12.1 Å². The van der Waals surface area contributed by atoms with Crippen LogP contribution in [0.3, 0.4) is 0 Å². The van der Waals surface area contributed by atoms with E-state index >= 15 is 0 Å². The lowest BCUT2D eigenvalue weighted by molar-refractivity contribution is -0.256. The van der Waals surface area contributed by atoms with Crippen LogP contribution in [0.1, 0.15) is 95.1 Å². The Morgan fingerprint density at radius 2 is 1.85 bits per heavy atom. The number of unbranched alkanes of at least 4 members (excludes halogenated alkanes) is 2. The molecule has 2 amide bonds. The number of amides is 2. The van der Waals surface area contributed by atoms with E-state index in [0.29, 0.717) is 55.2 Å². The van der Waals surface area contributed by atoms with Gasteiger partial charge in [0.15, 0.2) is 0 Å². The Hall–Kier alpha value is -4.50. The number of carbonyl (C=O) groups excluding carboxylic acids is 2. The highest BCUT2D eigenvalue weighted by molar-refractivity contribution is 6.03.